The molecule has 1 aliphatic heterocycles. The highest BCUT2D eigenvalue weighted by Gasteiger charge is 2.40. The van der Waals surface area contributed by atoms with Crippen LogP contribution in [0, 0.1) is 0 Å². The van der Waals surface area contributed by atoms with Gasteiger partial charge in [-0.2, -0.15) is 0 Å². The Balaban J connectivity index is 1.39. The minimum atomic E-state index is -1.24. The Hall–Kier alpha value is -2.03. The normalized spacial score (nSPS) is 25.2. The molecule has 0 aliphatic carbocycles. The van der Waals surface area contributed by atoms with Crippen LogP contribution in [-0.2, 0) is 11.2 Å². The number of nitrogens with zero attached hydrogens (tertiary/aromatic N) is 1. The third kappa shape index (κ3) is 5.52. The highest BCUT2D eigenvalue weighted by molar-refractivity contribution is 5.85. The SMILES string of the molecule is O=C(Cc1ccc2ccccc2c1)NCCCCN1C[C@H](O)[C@@H](O)[C@H](O)[C@H]1CO. The summed E-state index contributed by atoms with van der Waals surface area (Å²) in [5, 5.41) is 44.2. The van der Waals surface area contributed by atoms with Crippen molar-refractivity contribution in [2.75, 3.05) is 26.2 Å². The molecular formula is C22H30N2O5. The summed E-state index contributed by atoms with van der Waals surface area (Å²) in [6.45, 7) is 1.02. The lowest BCUT2D eigenvalue weighted by atomic mass is 9.94. The average molecular weight is 402 g/mol. The summed E-state index contributed by atoms with van der Waals surface area (Å²) in [6.07, 6.45) is -1.63. The van der Waals surface area contributed by atoms with Gasteiger partial charge in [-0.15, -0.1) is 0 Å². The molecule has 0 radical (unpaired) electrons. The van der Waals surface area contributed by atoms with Crippen LogP contribution >= 0.6 is 0 Å². The molecule has 3 rings (SSSR count). The first-order valence-electron chi connectivity index (χ1n) is 10.1. The highest BCUT2D eigenvalue weighted by Crippen LogP contribution is 2.19. The molecule has 1 heterocycles. The molecule has 0 aromatic heterocycles. The van der Waals surface area contributed by atoms with Crippen molar-refractivity contribution < 1.29 is 25.2 Å². The number of nitrogens with one attached hydrogen (secondary N) is 1. The molecule has 0 saturated carbocycles. The number of benzene rings is 2. The summed E-state index contributed by atoms with van der Waals surface area (Å²) in [4.78, 5) is 14.0. The van der Waals surface area contributed by atoms with E-state index >= 15 is 0 Å². The fourth-order valence-corrected chi connectivity index (χ4v) is 3.90. The molecule has 1 saturated heterocycles. The van der Waals surface area contributed by atoms with E-state index in [1.54, 1.807) is 4.90 Å². The number of likely N-dealkylation sites (tertiary alicyclic amines) is 1. The standard InChI is InChI=1S/C22H30N2O5/c25-14-18-21(28)22(29)19(26)13-24(18)10-4-3-9-23-20(27)12-15-7-8-16-5-1-2-6-17(16)11-15/h1-2,5-8,11,18-19,21-22,25-26,28-29H,3-4,9-10,12-14H2,(H,23,27)/t18-,19+,21-,22-/m1/s1. The first-order chi connectivity index (χ1) is 14.0. The number of hydrogen-bond donors (Lipinski definition) is 5. The fraction of sp³-hybridized carbons (Fsp3) is 0.500. The number of carbonyl (C=O) groups is 1. The molecule has 0 bridgehead atoms. The third-order valence-electron chi connectivity index (χ3n) is 5.59. The van der Waals surface area contributed by atoms with Gasteiger partial charge in [-0.05, 0) is 35.7 Å². The second-order valence-electron chi connectivity index (χ2n) is 7.71. The molecule has 0 unspecified atom stereocenters. The van der Waals surface area contributed by atoms with Gasteiger partial charge in [0.2, 0.25) is 5.91 Å². The molecule has 7 nitrogen and oxygen atoms in total. The highest BCUT2D eigenvalue weighted by atomic mass is 16.4. The van der Waals surface area contributed by atoms with E-state index in [-0.39, 0.29) is 19.1 Å². The Bertz CT molecular complexity index is 815. The summed E-state index contributed by atoms with van der Waals surface area (Å²) in [7, 11) is 0. The maximum absolute atomic E-state index is 12.2. The number of β-amino-alcohol motifs (C(OH)–C–C–N with tert-alkyl or cyclic N) is 1. The Kier molecular flexibility index (Phi) is 7.57. The van der Waals surface area contributed by atoms with Crippen LogP contribution in [0.5, 0.6) is 0 Å². The van der Waals surface area contributed by atoms with Gasteiger partial charge >= 0.3 is 0 Å². The van der Waals surface area contributed by atoms with Crippen molar-refractivity contribution in [2.24, 2.45) is 0 Å². The van der Waals surface area contributed by atoms with Crippen molar-refractivity contribution in [2.45, 2.75) is 43.6 Å². The molecule has 7 heteroatoms. The van der Waals surface area contributed by atoms with Gasteiger partial charge < -0.3 is 25.7 Å². The van der Waals surface area contributed by atoms with Gasteiger partial charge in [0.15, 0.2) is 0 Å². The second kappa shape index (κ2) is 10.1. The zero-order valence-electron chi connectivity index (χ0n) is 16.4. The van der Waals surface area contributed by atoms with Crippen LogP contribution in [-0.4, -0.2) is 81.8 Å². The van der Waals surface area contributed by atoms with E-state index in [1.165, 1.54) is 0 Å². The lowest BCUT2D eigenvalue weighted by Crippen LogP contribution is -2.62. The largest absolute Gasteiger partial charge is 0.395 e. The lowest BCUT2D eigenvalue weighted by molar-refractivity contribution is -0.145. The minimum Gasteiger partial charge on any atom is -0.395 e. The van der Waals surface area contributed by atoms with Gasteiger partial charge in [-0.25, -0.2) is 0 Å². The number of rotatable bonds is 8. The van der Waals surface area contributed by atoms with Gasteiger partial charge in [-0.3, -0.25) is 9.69 Å². The van der Waals surface area contributed by atoms with E-state index in [4.69, 9.17) is 0 Å². The van der Waals surface area contributed by atoms with Crippen molar-refractivity contribution in [3.8, 4) is 0 Å². The molecule has 2 aromatic carbocycles. The minimum absolute atomic E-state index is 0.0274. The van der Waals surface area contributed by atoms with E-state index < -0.39 is 24.4 Å². The number of unbranched alkanes of at least 4 members (excludes halogenated alkanes) is 1. The average Bonchev–Trinajstić information content (AvgIpc) is 2.72. The molecule has 29 heavy (non-hydrogen) atoms. The zero-order chi connectivity index (χ0) is 20.8. The molecule has 5 N–H and O–H groups in total. The predicted octanol–water partition coefficient (Wildman–Crippen LogP) is 0.0379. The Morgan fingerprint density at radius 2 is 1.79 bits per heavy atom. The number of hydrogen-bond acceptors (Lipinski definition) is 6. The van der Waals surface area contributed by atoms with Gasteiger partial charge in [0.25, 0.3) is 0 Å². The van der Waals surface area contributed by atoms with Gasteiger partial charge in [-0.1, -0.05) is 42.5 Å². The van der Waals surface area contributed by atoms with E-state index in [1.807, 2.05) is 42.5 Å². The molecule has 1 aliphatic rings. The van der Waals surface area contributed by atoms with Crippen molar-refractivity contribution >= 4 is 16.7 Å². The van der Waals surface area contributed by atoms with Crippen molar-refractivity contribution in [1.82, 2.24) is 10.2 Å². The fourth-order valence-electron chi connectivity index (χ4n) is 3.90. The molecular weight excluding hydrogens is 372 g/mol. The van der Waals surface area contributed by atoms with Crippen LogP contribution in [0.15, 0.2) is 42.5 Å². The maximum Gasteiger partial charge on any atom is 0.224 e. The van der Waals surface area contributed by atoms with Crippen LogP contribution in [0.25, 0.3) is 10.8 Å². The summed E-state index contributed by atoms with van der Waals surface area (Å²) < 4.78 is 0. The molecule has 4 atom stereocenters. The zero-order valence-corrected chi connectivity index (χ0v) is 16.4. The van der Waals surface area contributed by atoms with Crippen LogP contribution in [0.2, 0.25) is 0 Å². The van der Waals surface area contributed by atoms with E-state index in [0.29, 0.717) is 19.5 Å². The van der Waals surface area contributed by atoms with Crippen molar-refractivity contribution in [3.63, 3.8) is 0 Å². The van der Waals surface area contributed by atoms with E-state index in [2.05, 4.69) is 5.32 Å². The first kappa shape index (κ1) is 21.7. The molecule has 1 amide bonds. The van der Waals surface area contributed by atoms with Crippen LogP contribution in [0.3, 0.4) is 0 Å². The topological polar surface area (TPSA) is 113 Å². The third-order valence-corrected chi connectivity index (χ3v) is 5.59. The number of aliphatic hydroxyl groups excluding tert-OH is 4. The number of carbonyl (C=O) groups excluding carboxylic acids is 1. The monoisotopic (exact) mass is 402 g/mol. The summed E-state index contributed by atoms with van der Waals surface area (Å²) in [5.74, 6) is -0.0274. The molecule has 0 spiro atoms. The molecule has 1 fully saturated rings. The summed E-state index contributed by atoms with van der Waals surface area (Å²) in [6, 6.07) is 13.5. The van der Waals surface area contributed by atoms with Gasteiger partial charge in [0, 0.05) is 13.1 Å². The van der Waals surface area contributed by atoms with Crippen LogP contribution < -0.4 is 5.32 Å². The number of aliphatic hydroxyl groups is 4. The van der Waals surface area contributed by atoms with E-state index in [9.17, 15) is 25.2 Å². The van der Waals surface area contributed by atoms with Crippen molar-refractivity contribution in [1.29, 1.82) is 0 Å². The summed E-state index contributed by atoms with van der Waals surface area (Å²) in [5.41, 5.74) is 0.974. The Labute approximate surface area is 170 Å². The predicted molar refractivity (Wildman–Crippen MR) is 110 cm³/mol. The Morgan fingerprint density at radius 3 is 2.55 bits per heavy atom. The van der Waals surface area contributed by atoms with Gasteiger partial charge in [0.05, 0.1) is 25.2 Å². The Morgan fingerprint density at radius 1 is 1.03 bits per heavy atom. The maximum atomic E-state index is 12.2. The number of fused-ring (bicyclic) bond motifs is 1. The molecule has 158 valence electrons. The van der Waals surface area contributed by atoms with Gasteiger partial charge in [0.1, 0.15) is 12.2 Å². The second-order valence-corrected chi connectivity index (χ2v) is 7.71. The lowest BCUT2D eigenvalue weighted by Gasteiger charge is -2.43. The van der Waals surface area contributed by atoms with Crippen LogP contribution in [0.4, 0.5) is 0 Å². The number of piperidine rings is 1. The van der Waals surface area contributed by atoms with Crippen molar-refractivity contribution in [3.05, 3.63) is 48.0 Å². The first-order valence-corrected chi connectivity index (χ1v) is 10.1. The van der Waals surface area contributed by atoms with E-state index in [0.717, 1.165) is 29.2 Å². The summed E-state index contributed by atoms with van der Waals surface area (Å²) >= 11 is 0. The smallest absolute Gasteiger partial charge is 0.224 e. The van der Waals surface area contributed by atoms with Crippen LogP contribution in [0.1, 0.15) is 18.4 Å². The quantitative estimate of drug-likeness (QED) is 0.399. The number of amides is 1. The molecule has 2 aromatic rings.